The number of ether oxygens (including phenoxy) is 2. The van der Waals surface area contributed by atoms with Gasteiger partial charge in [-0.05, 0) is 43.7 Å². The van der Waals surface area contributed by atoms with Crippen molar-refractivity contribution in [2.45, 2.75) is 37.8 Å². The van der Waals surface area contributed by atoms with Crippen LogP contribution in [-0.4, -0.2) is 73.7 Å². The van der Waals surface area contributed by atoms with E-state index in [0.717, 1.165) is 32.2 Å². The van der Waals surface area contributed by atoms with E-state index >= 15 is 0 Å². The molecule has 1 aromatic rings. The van der Waals surface area contributed by atoms with Gasteiger partial charge in [0, 0.05) is 32.8 Å². The lowest BCUT2D eigenvalue weighted by molar-refractivity contribution is -0.155. The smallest absolute Gasteiger partial charge is 0.261 e. The Hall–Kier alpha value is -1.35. The van der Waals surface area contributed by atoms with E-state index < -0.39 is 6.04 Å². The van der Waals surface area contributed by atoms with Gasteiger partial charge >= 0.3 is 0 Å². The van der Waals surface area contributed by atoms with Crippen molar-refractivity contribution in [1.82, 2.24) is 9.80 Å². The van der Waals surface area contributed by atoms with Gasteiger partial charge in [-0.3, -0.25) is 9.59 Å². The Morgan fingerprint density at radius 3 is 2.68 bits per heavy atom. The molecule has 1 aromatic heterocycles. The Labute approximate surface area is 174 Å². The molecular formula is C19H28ClN3O4S. The van der Waals surface area contributed by atoms with E-state index in [9.17, 15) is 9.59 Å². The summed E-state index contributed by atoms with van der Waals surface area (Å²) in [5, 5.41) is 0.585. The molecule has 0 bridgehead atoms. The number of amides is 2. The van der Waals surface area contributed by atoms with Gasteiger partial charge in [-0.25, -0.2) is 0 Å². The topological polar surface area (TPSA) is 85.1 Å². The highest BCUT2D eigenvalue weighted by atomic mass is 35.5. The number of halogens is 1. The van der Waals surface area contributed by atoms with Crippen LogP contribution in [0.3, 0.4) is 0 Å². The lowest BCUT2D eigenvalue weighted by Crippen LogP contribution is -2.61. The Kier molecular flexibility index (Phi) is 7.56. The van der Waals surface area contributed by atoms with Crippen molar-refractivity contribution < 1.29 is 19.1 Å². The molecule has 1 atom stereocenters. The highest BCUT2D eigenvalue weighted by Gasteiger charge is 2.38. The second-order valence-corrected chi connectivity index (χ2v) is 9.15. The summed E-state index contributed by atoms with van der Waals surface area (Å²) in [6.07, 6.45) is 4.14. The number of nitrogens with two attached hydrogens (primary N) is 1. The van der Waals surface area contributed by atoms with Crippen LogP contribution in [0.5, 0.6) is 5.06 Å². The molecule has 2 amide bonds. The van der Waals surface area contributed by atoms with Crippen molar-refractivity contribution in [3.05, 3.63) is 16.5 Å². The predicted octanol–water partition coefficient (Wildman–Crippen LogP) is 1.98. The van der Waals surface area contributed by atoms with Gasteiger partial charge in [-0.2, -0.15) is 0 Å². The number of carbonyl (C=O) groups is 2. The normalized spacial score (nSPS) is 25.8. The van der Waals surface area contributed by atoms with Crippen molar-refractivity contribution in [2.24, 2.45) is 11.7 Å². The average molecular weight is 430 g/mol. The minimum atomic E-state index is -0.604. The third-order valence-corrected chi connectivity index (χ3v) is 6.63. The minimum absolute atomic E-state index is 0.0458. The van der Waals surface area contributed by atoms with E-state index in [0.29, 0.717) is 34.4 Å². The van der Waals surface area contributed by atoms with Crippen molar-refractivity contribution in [3.8, 4) is 5.06 Å². The van der Waals surface area contributed by atoms with Gasteiger partial charge in [0.25, 0.3) is 5.91 Å². The molecule has 2 fully saturated rings. The molecule has 0 unspecified atom stereocenters. The maximum atomic E-state index is 13.0. The fourth-order valence-electron chi connectivity index (χ4n) is 3.91. The molecule has 0 aromatic carbocycles. The highest BCUT2D eigenvalue weighted by Crippen LogP contribution is 2.28. The third kappa shape index (κ3) is 5.37. The fourth-order valence-corrected chi connectivity index (χ4v) is 4.78. The van der Waals surface area contributed by atoms with Gasteiger partial charge in [0.15, 0.2) is 11.7 Å². The zero-order chi connectivity index (χ0) is 20.1. The SMILES string of the molecule is COC[C@H]1C(=O)N(C[C@H]2CC[C@H](N)CC2)CCN1C(=O)COc1ccc(Cl)s1. The number of carbonyl (C=O) groups excluding carboxylic acids is 2. The Bertz CT molecular complexity index is 678. The summed E-state index contributed by atoms with van der Waals surface area (Å²) in [5.41, 5.74) is 5.98. The summed E-state index contributed by atoms with van der Waals surface area (Å²) in [6, 6.07) is 3.14. The standard InChI is InChI=1S/C19H28ClN3O4S/c1-26-11-15-19(25)22(10-13-2-4-14(21)5-3-13)8-9-23(15)17(24)12-27-18-7-6-16(20)28-18/h6-7,13-15H,2-5,8-12,21H2,1H3/t13-,14-,15-/m0/s1. The Morgan fingerprint density at radius 2 is 2.04 bits per heavy atom. The predicted molar refractivity (Wildman–Crippen MR) is 109 cm³/mol. The number of thiophene rings is 1. The van der Waals surface area contributed by atoms with Gasteiger partial charge < -0.3 is 25.0 Å². The van der Waals surface area contributed by atoms with Gasteiger partial charge in [0.05, 0.1) is 10.9 Å². The lowest BCUT2D eigenvalue weighted by Gasteiger charge is -2.42. The van der Waals surface area contributed by atoms with Crippen LogP contribution < -0.4 is 10.5 Å². The van der Waals surface area contributed by atoms with Crippen molar-refractivity contribution in [1.29, 1.82) is 0 Å². The van der Waals surface area contributed by atoms with Crippen LogP contribution in [0, 0.1) is 5.92 Å². The first-order valence-electron chi connectivity index (χ1n) is 9.69. The van der Waals surface area contributed by atoms with E-state index in [2.05, 4.69) is 0 Å². The first-order chi connectivity index (χ1) is 13.5. The van der Waals surface area contributed by atoms with Crippen molar-refractivity contribution in [2.75, 3.05) is 40.0 Å². The molecule has 1 aliphatic carbocycles. The van der Waals surface area contributed by atoms with E-state index in [1.165, 1.54) is 11.3 Å². The molecule has 0 spiro atoms. The third-order valence-electron chi connectivity index (χ3n) is 5.49. The van der Waals surface area contributed by atoms with Crippen LogP contribution in [0.15, 0.2) is 12.1 Å². The summed E-state index contributed by atoms with van der Waals surface area (Å²) < 4.78 is 11.4. The van der Waals surface area contributed by atoms with E-state index in [-0.39, 0.29) is 25.0 Å². The largest absolute Gasteiger partial charge is 0.474 e. The summed E-state index contributed by atoms with van der Waals surface area (Å²) in [5.74, 6) is 0.222. The van der Waals surface area contributed by atoms with Gasteiger partial charge in [-0.15, -0.1) is 0 Å². The molecule has 1 saturated heterocycles. The number of piperazine rings is 1. The van der Waals surface area contributed by atoms with Gasteiger partial charge in [0.2, 0.25) is 5.91 Å². The first kappa shape index (κ1) is 21.4. The van der Waals surface area contributed by atoms with Crippen molar-refractivity contribution in [3.63, 3.8) is 0 Å². The molecule has 1 saturated carbocycles. The second kappa shape index (κ2) is 9.91. The van der Waals surface area contributed by atoms with Crippen LogP contribution in [0.2, 0.25) is 4.34 Å². The molecule has 2 heterocycles. The molecule has 2 N–H and O–H groups in total. The van der Waals surface area contributed by atoms with Crippen LogP contribution in [0.25, 0.3) is 0 Å². The first-order valence-corrected chi connectivity index (χ1v) is 10.9. The van der Waals surface area contributed by atoms with Gasteiger partial charge in [0.1, 0.15) is 6.04 Å². The number of rotatable bonds is 7. The lowest BCUT2D eigenvalue weighted by atomic mass is 9.86. The summed E-state index contributed by atoms with van der Waals surface area (Å²) in [6.45, 7) is 1.82. The summed E-state index contributed by atoms with van der Waals surface area (Å²) in [7, 11) is 1.54. The van der Waals surface area contributed by atoms with E-state index in [4.69, 9.17) is 26.8 Å². The van der Waals surface area contributed by atoms with Crippen LogP contribution in [0.4, 0.5) is 0 Å². The molecule has 9 heteroatoms. The second-order valence-electron chi connectivity index (χ2n) is 7.47. The number of nitrogens with zero attached hydrogens (tertiary/aromatic N) is 2. The van der Waals surface area contributed by atoms with Crippen molar-refractivity contribution >= 4 is 34.8 Å². The van der Waals surface area contributed by atoms with Crippen LogP contribution >= 0.6 is 22.9 Å². The number of methoxy groups -OCH3 is 1. The fraction of sp³-hybridized carbons (Fsp3) is 0.684. The number of hydrogen-bond donors (Lipinski definition) is 1. The zero-order valence-corrected chi connectivity index (χ0v) is 17.7. The number of hydrogen-bond acceptors (Lipinski definition) is 6. The molecule has 1 aliphatic heterocycles. The maximum absolute atomic E-state index is 13.0. The quantitative estimate of drug-likeness (QED) is 0.716. The Morgan fingerprint density at radius 1 is 1.29 bits per heavy atom. The van der Waals surface area contributed by atoms with Crippen LogP contribution in [0.1, 0.15) is 25.7 Å². The molecule has 0 radical (unpaired) electrons. The van der Waals surface area contributed by atoms with Crippen LogP contribution in [-0.2, 0) is 14.3 Å². The summed E-state index contributed by atoms with van der Waals surface area (Å²) >= 11 is 7.15. The highest BCUT2D eigenvalue weighted by molar-refractivity contribution is 7.17. The summed E-state index contributed by atoms with van der Waals surface area (Å²) in [4.78, 5) is 29.2. The van der Waals surface area contributed by atoms with Gasteiger partial charge in [-0.1, -0.05) is 22.9 Å². The molecular weight excluding hydrogens is 402 g/mol. The minimum Gasteiger partial charge on any atom is -0.474 e. The molecule has 3 rings (SSSR count). The Balaban J connectivity index is 1.57. The average Bonchev–Trinajstić information content (AvgIpc) is 3.10. The molecule has 28 heavy (non-hydrogen) atoms. The maximum Gasteiger partial charge on any atom is 0.261 e. The zero-order valence-electron chi connectivity index (χ0n) is 16.1. The van der Waals surface area contributed by atoms with E-state index in [1.54, 1.807) is 24.1 Å². The molecule has 2 aliphatic rings. The molecule has 156 valence electrons. The van der Waals surface area contributed by atoms with E-state index in [1.807, 2.05) is 4.90 Å². The monoisotopic (exact) mass is 429 g/mol. The molecule has 7 nitrogen and oxygen atoms in total.